The molecule has 2 N–H and O–H groups in total. The van der Waals surface area contributed by atoms with Crippen molar-refractivity contribution in [3.05, 3.63) is 108 Å². The fraction of sp³-hybridized carbons (Fsp3) is 0.250. The SMILES string of the molecule is O=C(O)CC=C(NOCc1ccccc1)c1ccc(N2CCC(c3ccccc3)CC2)cc1. The Kier molecular flexibility index (Phi) is 7.77. The summed E-state index contributed by atoms with van der Waals surface area (Å²) in [6.07, 6.45) is 3.86. The molecule has 4 rings (SSSR count). The lowest BCUT2D eigenvalue weighted by Gasteiger charge is -2.34. The minimum atomic E-state index is -0.879. The monoisotopic (exact) mass is 442 g/mol. The molecule has 1 aliphatic rings. The number of hydroxylamine groups is 1. The van der Waals surface area contributed by atoms with E-state index in [0.29, 0.717) is 18.2 Å². The van der Waals surface area contributed by atoms with Crippen LogP contribution in [0.15, 0.2) is 91.0 Å². The summed E-state index contributed by atoms with van der Waals surface area (Å²) < 4.78 is 0. The quantitative estimate of drug-likeness (QED) is 0.422. The van der Waals surface area contributed by atoms with Crippen LogP contribution in [0.4, 0.5) is 5.69 Å². The molecule has 0 aromatic heterocycles. The van der Waals surface area contributed by atoms with Gasteiger partial charge in [-0.3, -0.25) is 15.1 Å². The van der Waals surface area contributed by atoms with E-state index >= 15 is 0 Å². The van der Waals surface area contributed by atoms with Crippen LogP contribution in [-0.4, -0.2) is 24.2 Å². The number of anilines is 1. The van der Waals surface area contributed by atoms with Gasteiger partial charge in [-0.05, 0) is 53.7 Å². The van der Waals surface area contributed by atoms with Crippen LogP contribution in [0.5, 0.6) is 0 Å². The van der Waals surface area contributed by atoms with Crippen LogP contribution in [-0.2, 0) is 16.2 Å². The van der Waals surface area contributed by atoms with Crippen LogP contribution in [0.3, 0.4) is 0 Å². The second-order valence-electron chi connectivity index (χ2n) is 8.31. The predicted molar refractivity (Wildman–Crippen MR) is 132 cm³/mol. The summed E-state index contributed by atoms with van der Waals surface area (Å²) in [5.41, 5.74) is 8.16. The molecule has 0 atom stereocenters. The summed E-state index contributed by atoms with van der Waals surface area (Å²) in [5.74, 6) is -0.256. The topological polar surface area (TPSA) is 61.8 Å². The average Bonchev–Trinajstić information content (AvgIpc) is 2.87. The van der Waals surface area contributed by atoms with E-state index in [1.54, 1.807) is 6.08 Å². The highest BCUT2D eigenvalue weighted by molar-refractivity contribution is 5.73. The lowest BCUT2D eigenvalue weighted by Crippen LogP contribution is -2.32. The van der Waals surface area contributed by atoms with E-state index in [4.69, 9.17) is 9.94 Å². The number of nitrogens with one attached hydrogen (secondary N) is 1. The van der Waals surface area contributed by atoms with Crippen molar-refractivity contribution < 1.29 is 14.7 Å². The van der Waals surface area contributed by atoms with Crippen molar-refractivity contribution in [2.75, 3.05) is 18.0 Å². The Morgan fingerprint density at radius 3 is 2.21 bits per heavy atom. The molecule has 1 aliphatic heterocycles. The first-order valence-electron chi connectivity index (χ1n) is 11.4. The summed E-state index contributed by atoms with van der Waals surface area (Å²) >= 11 is 0. The van der Waals surface area contributed by atoms with Gasteiger partial charge in [-0.25, -0.2) is 0 Å². The van der Waals surface area contributed by atoms with Crippen LogP contribution in [0.25, 0.3) is 5.70 Å². The number of aliphatic carboxylic acids is 1. The smallest absolute Gasteiger partial charge is 0.307 e. The molecule has 170 valence electrons. The Morgan fingerprint density at radius 1 is 0.939 bits per heavy atom. The van der Waals surface area contributed by atoms with E-state index in [2.05, 4.69) is 52.8 Å². The van der Waals surface area contributed by atoms with Crippen molar-refractivity contribution in [3.63, 3.8) is 0 Å². The highest BCUT2D eigenvalue weighted by Crippen LogP contribution is 2.30. The zero-order valence-corrected chi connectivity index (χ0v) is 18.7. The van der Waals surface area contributed by atoms with E-state index in [0.717, 1.165) is 37.1 Å². The van der Waals surface area contributed by atoms with Crippen LogP contribution < -0.4 is 10.4 Å². The van der Waals surface area contributed by atoms with Crippen molar-refractivity contribution in [2.24, 2.45) is 0 Å². The minimum absolute atomic E-state index is 0.0776. The van der Waals surface area contributed by atoms with Crippen molar-refractivity contribution in [1.82, 2.24) is 5.48 Å². The van der Waals surface area contributed by atoms with Crippen molar-refractivity contribution in [1.29, 1.82) is 0 Å². The normalized spacial score (nSPS) is 14.8. The number of carboxylic acid groups (broad SMARTS) is 1. The van der Waals surface area contributed by atoms with Gasteiger partial charge in [0.15, 0.2) is 0 Å². The zero-order valence-electron chi connectivity index (χ0n) is 18.7. The summed E-state index contributed by atoms with van der Waals surface area (Å²) in [6.45, 7) is 2.44. The molecule has 5 nitrogen and oxygen atoms in total. The first-order valence-corrected chi connectivity index (χ1v) is 11.4. The highest BCUT2D eigenvalue weighted by atomic mass is 16.6. The van der Waals surface area contributed by atoms with E-state index in [1.165, 1.54) is 11.3 Å². The Hall–Kier alpha value is -3.57. The molecule has 1 saturated heterocycles. The van der Waals surface area contributed by atoms with Crippen LogP contribution in [0, 0.1) is 0 Å². The Balaban J connectivity index is 1.37. The van der Waals surface area contributed by atoms with E-state index in [9.17, 15) is 4.79 Å². The fourth-order valence-corrected chi connectivity index (χ4v) is 4.23. The highest BCUT2D eigenvalue weighted by Gasteiger charge is 2.20. The lowest BCUT2D eigenvalue weighted by molar-refractivity contribution is -0.136. The third-order valence-electron chi connectivity index (χ3n) is 6.05. The summed E-state index contributed by atoms with van der Waals surface area (Å²) in [7, 11) is 0. The Morgan fingerprint density at radius 2 is 1.58 bits per heavy atom. The maximum atomic E-state index is 11.1. The van der Waals surface area contributed by atoms with E-state index in [1.807, 2.05) is 42.5 Å². The molecular weight excluding hydrogens is 412 g/mol. The second kappa shape index (κ2) is 11.3. The van der Waals surface area contributed by atoms with Crippen LogP contribution in [0.2, 0.25) is 0 Å². The van der Waals surface area contributed by atoms with Gasteiger partial charge in [0.1, 0.15) is 0 Å². The minimum Gasteiger partial charge on any atom is -0.481 e. The predicted octanol–water partition coefficient (Wildman–Crippen LogP) is 5.61. The molecule has 0 spiro atoms. The first-order chi connectivity index (χ1) is 16.2. The van der Waals surface area contributed by atoms with Crippen molar-refractivity contribution in [2.45, 2.75) is 31.8 Å². The summed E-state index contributed by atoms with van der Waals surface area (Å²) in [6, 6.07) is 28.9. The van der Waals surface area contributed by atoms with Crippen molar-refractivity contribution in [3.8, 4) is 0 Å². The fourth-order valence-electron chi connectivity index (χ4n) is 4.23. The Bertz CT molecular complexity index is 1040. The Labute approximate surface area is 195 Å². The van der Waals surface area contributed by atoms with Crippen molar-refractivity contribution >= 4 is 17.4 Å². The van der Waals surface area contributed by atoms with Crippen LogP contribution >= 0.6 is 0 Å². The van der Waals surface area contributed by atoms with Gasteiger partial charge in [0.25, 0.3) is 0 Å². The third-order valence-corrected chi connectivity index (χ3v) is 6.05. The molecule has 3 aromatic rings. The number of hydrogen-bond donors (Lipinski definition) is 2. The molecule has 1 fully saturated rings. The molecule has 5 heteroatoms. The zero-order chi connectivity index (χ0) is 22.9. The standard InChI is InChI=1S/C28H30N2O3/c31-28(32)16-15-27(29-33-21-22-7-3-1-4-8-22)25-11-13-26(14-12-25)30-19-17-24(18-20-30)23-9-5-2-6-10-23/h1-15,24,29H,16-21H2,(H,31,32). The first kappa shape index (κ1) is 22.6. The number of hydrogen-bond acceptors (Lipinski definition) is 4. The van der Waals surface area contributed by atoms with Gasteiger partial charge in [0, 0.05) is 18.8 Å². The van der Waals surface area contributed by atoms with E-state index in [-0.39, 0.29) is 6.42 Å². The lowest BCUT2D eigenvalue weighted by atomic mass is 9.89. The summed E-state index contributed by atoms with van der Waals surface area (Å²) in [5, 5.41) is 9.11. The van der Waals surface area contributed by atoms with Gasteiger partial charge in [-0.1, -0.05) is 72.8 Å². The number of carbonyl (C=O) groups is 1. The van der Waals surface area contributed by atoms with Gasteiger partial charge >= 0.3 is 5.97 Å². The molecule has 0 bridgehead atoms. The summed E-state index contributed by atoms with van der Waals surface area (Å²) in [4.78, 5) is 19.2. The number of nitrogens with zero attached hydrogens (tertiary/aromatic N) is 1. The molecule has 0 unspecified atom stereocenters. The maximum Gasteiger partial charge on any atom is 0.307 e. The average molecular weight is 443 g/mol. The number of carboxylic acids is 1. The number of rotatable bonds is 9. The van der Waals surface area contributed by atoms with Gasteiger partial charge in [0.05, 0.1) is 18.7 Å². The molecule has 3 aromatic carbocycles. The maximum absolute atomic E-state index is 11.1. The van der Waals surface area contributed by atoms with Gasteiger partial charge in [-0.2, -0.15) is 0 Å². The largest absolute Gasteiger partial charge is 0.481 e. The van der Waals surface area contributed by atoms with Gasteiger partial charge in [0.2, 0.25) is 0 Å². The molecular formula is C28H30N2O3. The van der Waals surface area contributed by atoms with Gasteiger partial charge < -0.3 is 10.0 Å². The van der Waals surface area contributed by atoms with E-state index < -0.39 is 5.97 Å². The second-order valence-corrected chi connectivity index (χ2v) is 8.31. The van der Waals surface area contributed by atoms with Gasteiger partial charge in [-0.15, -0.1) is 0 Å². The number of benzene rings is 3. The molecule has 33 heavy (non-hydrogen) atoms. The molecule has 0 aliphatic carbocycles. The molecule has 0 radical (unpaired) electrons. The molecule has 0 amide bonds. The molecule has 0 saturated carbocycles. The number of piperidine rings is 1. The van der Waals surface area contributed by atoms with Crippen LogP contribution in [0.1, 0.15) is 41.9 Å². The molecule has 1 heterocycles. The third kappa shape index (κ3) is 6.46.